The second-order valence-corrected chi connectivity index (χ2v) is 19.9. The van der Waals surface area contributed by atoms with Crippen LogP contribution in [0.25, 0.3) is 0 Å². The second kappa shape index (κ2) is 7.28. The maximum atomic E-state index is 13.4. The van der Waals surface area contributed by atoms with E-state index in [2.05, 4.69) is 63.1 Å². The summed E-state index contributed by atoms with van der Waals surface area (Å²) in [5, 5.41) is 1.49. The molecular formula is C23H32OSi2. The third-order valence-electron chi connectivity index (χ3n) is 6.63. The van der Waals surface area contributed by atoms with Crippen molar-refractivity contribution in [3.8, 4) is 0 Å². The maximum absolute atomic E-state index is 13.4. The maximum Gasteiger partial charge on any atom is 0.165 e. The van der Waals surface area contributed by atoms with Gasteiger partial charge in [0.1, 0.15) is 0 Å². The van der Waals surface area contributed by atoms with E-state index < -0.39 is 16.1 Å². The molecule has 1 saturated carbocycles. The Hall–Kier alpha value is -1.46. The van der Waals surface area contributed by atoms with Gasteiger partial charge >= 0.3 is 0 Å². The SMILES string of the molecule is C[Si](C)(C)[C@H]1C[C@H](C(=O)c2ccccc2)[C@@H]([Si](C)(C)c2ccccc2)C1. The first-order valence-corrected chi connectivity index (χ1v) is 16.5. The summed E-state index contributed by atoms with van der Waals surface area (Å²) < 4.78 is 0. The molecular weight excluding hydrogens is 348 g/mol. The molecule has 0 N–H and O–H groups in total. The van der Waals surface area contributed by atoms with Crippen molar-refractivity contribution < 1.29 is 4.79 Å². The molecule has 0 radical (unpaired) electrons. The summed E-state index contributed by atoms with van der Waals surface area (Å²) >= 11 is 0. The molecule has 1 aliphatic carbocycles. The summed E-state index contributed by atoms with van der Waals surface area (Å²) in [7, 11) is -2.99. The van der Waals surface area contributed by atoms with Crippen LogP contribution in [0.3, 0.4) is 0 Å². The first-order valence-electron chi connectivity index (χ1n) is 9.86. The first kappa shape index (κ1) is 19.3. The molecule has 3 heteroatoms. The van der Waals surface area contributed by atoms with E-state index >= 15 is 0 Å². The molecule has 0 amide bonds. The summed E-state index contributed by atoms with van der Waals surface area (Å²) in [5.74, 6) is 0.573. The van der Waals surface area contributed by atoms with Crippen LogP contribution in [0.4, 0.5) is 0 Å². The summed E-state index contributed by atoms with van der Waals surface area (Å²) in [4.78, 5) is 13.4. The van der Waals surface area contributed by atoms with Gasteiger partial charge in [-0.1, -0.05) is 105 Å². The van der Waals surface area contributed by atoms with Gasteiger partial charge in [0, 0.05) is 19.6 Å². The van der Waals surface area contributed by atoms with Crippen LogP contribution in [-0.4, -0.2) is 21.9 Å². The number of hydrogen-bond donors (Lipinski definition) is 0. The number of hydrogen-bond acceptors (Lipinski definition) is 1. The van der Waals surface area contributed by atoms with Crippen molar-refractivity contribution >= 4 is 27.1 Å². The Labute approximate surface area is 160 Å². The Morgan fingerprint density at radius 3 is 1.88 bits per heavy atom. The molecule has 3 atom stereocenters. The quantitative estimate of drug-likeness (QED) is 0.461. The zero-order valence-corrected chi connectivity index (χ0v) is 18.8. The van der Waals surface area contributed by atoms with Gasteiger partial charge in [0.15, 0.2) is 5.78 Å². The highest BCUT2D eigenvalue weighted by molar-refractivity contribution is 6.91. The number of carbonyl (C=O) groups is 1. The van der Waals surface area contributed by atoms with E-state index in [1.54, 1.807) is 0 Å². The lowest BCUT2D eigenvalue weighted by molar-refractivity contribution is 0.0922. The summed E-state index contributed by atoms with van der Waals surface area (Å²) in [5.41, 5.74) is 2.19. The van der Waals surface area contributed by atoms with Gasteiger partial charge < -0.3 is 0 Å². The topological polar surface area (TPSA) is 17.1 Å². The Bertz CT molecular complexity index is 747. The monoisotopic (exact) mass is 380 g/mol. The zero-order chi connectivity index (χ0) is 18.9. The first-order chi connectivity index (χ1) is 12.2. The lowest BCUT2D eigenvalue weighted by atomic mass is 9.96. The fraction of sp³-hybridized carbons (Fsp3) is 0.435. The molecule has 26 heavy (non-hydrogen) atoms. The molecule has 0 unspecified atom stereocenters. The Morgan fingerprint density at radius 1 is 0.808 bits per heavy atom. The van der Waals surface area contributed by atoms with Gasteiger partial charge in [-0.05, 0) is 17.5 Å². The molecule has 1 fully saturated rings. The average Bonchev–Trinajstić information content (AvgIpc) is 3.09. The molecule has 3 rings (SSSR count). The van der Waals surface area contributed by atoms with Gasteiger partial charge in [0.25, 0.3) is 0 Å². The normalized spacial score (nSPS) is 23.8. The van der Waals surface area contributed by atoms with Crippen molar-refractivity contribution in [3.05, 3.63) is 66.2 Å². The second-order valence-electron chi connectivity index (χ2n) is 9.57. The fourth-order valence-corrected chi connectivity index (χ4v) is 10.5. The highest BCUT2D eigenvalue weighted by Gasteiger charge is 2.50. The van der Waals surface area contributed by atoms with Gasteiger partial charge in [-0.15, -0.1) is 0 Å². The third kappa shape index (κ3) is 3.79. The Morgan fingerprint density at radius 2 is 1.35 bits per heavy atom. The smallest absolute Gasteiger partial charge is 0.165 e. The van der Waals surface area contributed by atoms with Crippen LogP contribution in [0.1, 0.15) is 23.2 Å². The van der Waals surface area contributed by atoms with Crippen LogP contribution in [0.15, 0.2) is 60.7 Å². The van der Waals surface area contributed by atoms with Gasteiger partial charge in [-0.3, -0.25) is 4.79 Å². The van der Waals surface area contributed by atoms with Crippen LogP contribution in [0, 0.1) is 5.92 Å². The van der Waals surface area contributed by atoms with E-state index in [0.717, 1.165) is 17.5 Å². The largest absolute Gasteiger partial charge is 0.294 e. The number of ketones is 1. The van der Waals surface area contributed by atoms with Crippen LogP contribution in [0.2, 0.25) is 43.8 Å². The molecule has 0 spiro atoms. The highest BCUT2D eigenvalue weighted by atomic mass is 28.3. The summed E-state index contributed by atoms with van der Waals surface area (Å²) in [6, 6.07) is 21.0. The van der Waals surface area contributed by atoms with Crippen LogP contribution in [0.5, 0.6) is 0 Å². The molecule has 2 aromatic carbocycles. The number of rotatable bonds is 5. The van der Waals surface area contributed by atoms with Crippen molar-refractivity contribution in [1.29, 1.82) is 0 Å². The predicted molar refractivity (Wildman–Crippen MR) is 118 cm³/mol. The van der Waals surface area contributed by atoms with Crippen molar-refractivity contribution in [2.45, 2.75) is 56.7 Å². The van der Waals surface area contributed by atoms with E-state index in [-0.39, 0.29) is 5.92 Å². The van der Waals surface area contributed by atoms with Gasteiger partial charge in [-0.2, -0.15) is 0 Å². The molecule has 0 aliphatic heterocycles. The Kier molecular flexibility index (Phi) is 5.41. The van der Waals surface area contributed by atoms with Crippen LogP contribution < -0.4 is 5.19 Å². The molecule has 0 saturated heterocycles. The van der Waals surface area contributed by atoms with Crippen molar-refractivity contribution in [2.75, 3.05) is 0 Å². The molecule has 1 aliphatic rings. The van der Waals surface area contributed by atoms with E-state index in [0.29, 0.717) is 11.3 Å². The van der Waals surface area contributed by atoms with Crippen molar-refractivity contribution in [2.24, 2.45) is 5.92 Å². The minimum absolute atomic E-state index is 0.191. The summed E-state index contributed by atoms with van der Waals surface area (Å²) in [6.45, 7) is 12.4. The van der Waals surface area contributed by atoms with Crippen LogP contribution >= 0.6 is 0 Å². The molecule has 1 nitrogen and oxygen atoms in total. The summed E-state index contributed by atoms with van der Waals surface area (Å²) in [6.07, 6.45) is 2.34. The van der Waals surface area contributed by atoms with Gasteiger partial charge in [0.2, 0.25) is 0 Å². The molecule has 138 valence electrons. The van der Waals surface area contributed by atoms with E-state index in [1.165, 1.54) is 11.6 Å². The predicted octanol–water partition coefficient (Wildman–Crippen LogP) is 5.97. The van der Waals surface area contributed by atoms with E-state index in [4.69, 9.17) is 0 Å². The molecule has 0 aromatic heterocycles. The lowest BCUT2D eigenvalue weighted by Crippen LogP contribution is -2.48. The molecule has 2 aromatic rings. The number of benzene rings is 2. The third-order valence-corrected chi connectivity index (χ3v) is 13.9. The number of carbonyl (C=O) groups excluding carboxylic acids is 1. The van der Waals surface area contributed by atoms with Gasteiger partial charge in [-0.25, -0.2) is 0 Å². The van der Waals surface area contributed by atoms with E-state index in [1.807, 2.05) is 30.3 Å². The highest BCUT2D eigenvalue weighted by Crippen LogP contribution is 2.53. The number of Topliss-reactive ketones (excluding diaryl/α,β-unsaturated/α-hetero) is 1. The van der Waals surface area contributed by atoms with Gasteiger partial charge in [0.05, 0.1) is 8.07 Å². The van der Waals surface area contributed by atoms with Crippen molar-refractivity contribution in [1.82, 2.24) is 0 Å². The molecule has 0 bridgehead atoms. The minimum Gasteiger partial charge on any atom is -0.294 e. The Balaban J connectivity index is 1.98. The average molecular weight is 381 g/mol. The van der Waals surface area contributed by atoms with Crippen LogP contribution in [-0.2, 0) is 0 Å². The molecule has 0 heterocycles. The van der Waals surface area contributed by atoms with Crippen molar-refractivity contribution in [3.63, 3.8) is 0 Å². The fourth-order valence-electron chi connectivity index (χ4n) is 4.73. The lowest BCUT2D eigenvalue weighted by Gasteiger charge is -2.34. The minimum atomic E-state index is -1.72. The van der Waals surface area contributed by atoms with E-state index in [9.17, 15) is 4.79 Å². The standard InChI is InChI=1S/C23H32OSi2/c1-25(2,3)20-16-21(23(24)18-12-8-6-9-13-18)22(17-20)26(4,5)19-14-10-7-11-15-19/h6-15,20-22H,16-17H2,1-5H3/t20-,21-,22-/m0/s1. The zero-order valence-electron chi connectivity index (χ0n) is 16.8.